The minimum Gasteiger partial charge on any atom is -0.389 e. The van der Waals surface area contributed by atoms with Gasteiger partial charge in [-0.15, -0.1) is 0 Å². The first-order valence-electron chi connectivity index (χ1n) is 6.32. The third kappa shape index (κ3) is 3.62. The number of halogens is 1. The van der Waals surface area contributed by atoms with E-state index in [1.165, 1.54) is 12.1 Å². The van der Waals surface area contributed by atoms with Crippen molar-refractivity contribution < 1.29 is 9.13 Å². The van der Waals surface area contributed by atoms with E-state index in [0.29, 0.717) is 11.1 Å². The van der Waals surface area contributed by atoms with Gasteiger partial charge in [-0.1, -0.05) is 42.5 Å². The van der Waals surface area contributed by atoms with Crippen LogP contribution in [0.2, 0.25) is 0 Å². The number of benzene rings is 2. The van der Waals surface area contributed by atoms with Gasteiger partial charge in [-0.05, 0) is 36.2 Å². The Morgan fingerprint density at radius 1 is 1.25 bits per heavy atom. The Balaban J connectivity index is 2.11. The third-order valence-electron chi connectivity index (χ3n) is 3.09. The molecule has 2 aromatic rings. The van der Waals surface area contributed by atoms with Crippen LogP contribution in [0.4, 0.5) is 4.39 Å². The lowest BCUT2D eigenvalue weighted by Gasteiger charge is -2.15. The van der Waals surface area contributed by atoms with E-state index in [4.69, 9.17) is 22.7 Å². The zero-order valence-corrected chi connectivity index (χ0v) is 12.0. The van der Waals surface area contributed by atoms with Crippen LogP contribution in [0, 0.1) is 5.82 Å². The molecule has 0 radical (unpaired) electrons. The molecule has 0 amide bonds. The fourth-order valence-electron chi connectivity index (χ4n) is 1.96. The largest absolute Gasteiger partial charge is 0.389 e. The summed E-state index contributed by atoms with van der Waals surface area (Å²) in [6.07, 6.45) is -0.0846. The van der Waals surface area contributed by atoms with Gasteiger partial charge < -0.3 is 10.5 Å². The Kier molecular flexibility index (Phi) is 4.82. The van der Waals surface area contributed by atoms with Crippen molar-refractivity contribution in [2.45, 2.75) is 19.6 Å². The summed E-state index contributed by atoms with van der Waals surface area (Å²) < 4.78 is 19.1. The molecule has 0 aliphatic rings. The van der Waals surface area contributed by atoms with Crippen molar-refractivity contribution in [2.75, 3.05) is 0 Å². The Bertz CT molecular complexity index is 601. The SMILES string of the molecule is CC(OCc1cc(F)ccc1C(N)=S)c1ccccc1. The number of hydrogen-bond donors (Lipinski definition) is 1. The van der Waals surface area contributed by atoms with Crippen molar-refractivity contribution in [2.24, 2.45) is 5.73 Å². The van der Waals surface area contributed by atoms with Gasteiger partial charge in [0.15, 0.2) is 0 Å². The fraction of sp³-hybridized carbons (Fsp3) is 0.188. The van der Waals surface area contributed by atoms with Gasteiger partial charge in [-0.3, -0.25) is 0 Å². The van der Waals surface area contributed by atoms with Crippen LogP contribution in [-0.4, -0.2) is 4.99 Å². The molecule has 2 nitrogen and oxygen atoms in total. The molecule has 0 aromatic heterocycles. The van der Waals surface area contributed by atoms with E-state index < -0.39 is 0 Å². The highest BCUT2D eigenvalue weighted by atomic mass is 32.1. The lowest BCUT2D eigenvalue weighted by Crippen LogP contribution is -2.13. The minimum atomic E-state index is -0.323. The molecule has 4 heteroatoms. The van der Waals surface area contributed by atoms with Crippen molar-refractivity contribution in [3.63, 3.8) is 0 Å². The second-order valence-electron chi connectivity index (χ2n) is 4.53. The van der Waals surface area contributed by atoms with Crippen LogP contribution >= 0.6 is 12.2 Å². The van der Waals surface area contributed by atoms with Crippen LogP contribution in [0.1, 0.15) is 29.7 Å². The summed E-state index contributed by atoms with van der Waals surface area (Å²) >= 11 is 4.97. The maximum Gasteiger partial charge on any atom is 0.123 e. The Morgan fingerprint density at radius 3 is 2.60 bits per heavy atom. The molecule has 0 heterocycles. The van der Waals surface area contributed by atoms with Gasteiger partial charge in [0.05, 0.1) is 12.7 Å². The first-order chi connectivity index (χ1) is 9.58. The standard InChI is InChI=1S/C16H16FNOS/c1-11(12-5-3-2-4-6-12)19-10-13-9-14(17)7-8-15(13)16(18)20/h2-9,11H,10H2,1H3,(H2,18,20). The summed E-state index contributed by atoms with van der Waals surface area (Å²) in [5.74, 6) is -0.323. The summed E-state index contributed by atoms with van der Waals surface area (Å²) in [5, 5.41) is 0. The van der Waals surface area contributed by atoms with Crippen LogP contribution in [0.25, 0.3) is 0 Å². The number of nitrogens with two attached hydrogens (primary N) is 1. The molecule has 0 saturated carbocycles. The molecule has 2 N–H and O–H groups in total. The molecule has 0 aliphatic carbocycles. The molecule has 0 spiro atoms. The quantitative estimate of drug-likeness (QED) is 0.852. The molecule has 2 aromatic carbocycles. The molecule has 2 rings (SSSR count). The Hall–Kier alpha value is -1.78. The van der Waals surface area contributed by atoms with Gasteiger partial charge >= 0.3 is 0 Å². The summed E-state index contributed by atoms with van der Waals surface area (Å²) in [6, 6.07) is 14.2. The minimum absolute atomic E-state index is 0.0846. The van der Waals surface area contributed by atoms with Crippen LogP contribution in [0.5, 0.6) is 0 Å². The highest BCUT2D eigenvalue weighted by molar-refractivity contribution is 7.80. The second kappa shape index (κ2) is 6.59. The Morgan fingerprint density at radius 2 is 1.95 bits per heavy atom. The number of rotatable bonds is 5. The molecule has 1 atom stereocenters. The summed E-state index contributed by atoms with van der Waals surface area (Å²) in [6.45, 7) is 2.22. The van der Waals surface area contributed by atoms with E-state index in [9.17, 15) is 4.39 Å². The van der Waals surface area contributed by atoms with Crippen LogP contribution in [-0.2, 0) is 11.3 Å². The lowest BCUT2D eigenvalue weighted by atomic mass is 10.1. The van der Waals surface area contributed by atoms with Crippen molar-refractivity contribution in [1.29, 1.82) is 0 Å². The van der Waals surface area contributed by atoms with Crippen LogP contribution < -0.4 is 5.73 Å². The van der Waals surface area contributed by atoms with Gasteiger partial charge in [0.1, 0.15) is 10.8 Å². The van der Waals surface area contributed by atoms with Gasteiger partial charge in [0.25, 0.3) is 0 Å². The van der Waals surface area contributed by atoms with E-state index in [2.05, 4.69) is 0 Å². The predicted molar refractivity (Wildman–Crippen MR) is 81.9 cm³/mol. The number of thiocarbonyl (C=S) groups is 1. The molecule has 0 bridgehead atoms. The average molecular weight is 289 g/mol. The monoisotopic (exact) mass is 289 g/mol. The van der Waals surface area contributed by atoms with Crippen molar-refractivity contribution in [3.05, 3.63) is 71.0 Å². The van der Waals surface area contributed by atoms with E-state index in [-0.39, 0.29) is 23.5 Å². The summed E-state index contributed by atoms with van der Waals surface area (Å²) in [7, 11) is 0. The highest BCUT2D eigenvalue weighted by Crippen LogP contribution is 2.20. The van der Waals surface area contributed by atoms with E-state index in [1.54, 1.807) is 6.07 Å². The second-order valence-corrected chi connectivity index (χ2v) is 4.97. The van der Waals surface area contributed by atoms with Gasteiger partial charge in [-0.25, -0.2) is 4.39 Å². The van der Waals surface area contributed by atoms with Crippen molar-refractivity contribution in [1.82, 2.24) is 0 Å². The van der Waals surface area contributed by atoms with Crippen LogP contribution in [0.15, 0.2) is 48.5 Å². The molecule has 104 valence electrons. The van der Waals surface area contributed by atoms with Gasteiger partial charge in [0, 0.05) is 5.56 Å². The summed E-state index contributed by atoms with van der Waals surface area (Å²) in [5.41, 5.74) is 8.03. The molecular weight excluding hydrogens is 273 g/mol. The molecule has 20 heavy (non-hydrogen) atoms. The van der Waals surface area contributed by atoms with Gasteiger partial charge in [-0.2, -0.15) is 0 Å². The van der Waals surface area contributed by atoms with E-state index in [1.807, 2.05) is 37.3 Å². The Labute approximate surface area is 123 Å². The van der Waals surface area contributed by atoms with E-state index >= 15 is 0 Å². The zero-order chi connectivity index (χ0) is 14.5. The van der Waals surface area contributed by atoms with Crippen molar-refractivity contribution >= 4 is 17.2 Å². The molecule has 0 aliphatic heterocycles. The normalized spacial score (nSPS) is 12.1. The topological polar surface area (TPSA) is 35.2 Å². The van der Waals surface area contributed by atoms with Crippen LogP contribution in [0.3, 0.4) is 0 Å². The maximum atomic E-state index is 13.3. The lowest BCUT2D eigenvalue weighted by molar-refractivity contribution is 0.0523. The number of ether oxygens (including phenoxy) is 1. The smallest absolute Gasteiger partial charge is 0.123 e. The molecule has 1 unspecified atom stereocenters. The number of hydrogen-bond acceptors (Lipinski definition) is 2. The maximum absolute atomic E-state index is 13.3. The predicted octanol–water partition coefficient (Wildman–Crippen LogP) is 3.74. The first-order valence-corrected chi connectivity index (χ1v) is 6.73. The average Bonchev–Trinajstić information content (AvgIpc) is 2.45. The molecular formula is C16H16FNOS. The van der Waals surface area contributed by atoms with Crippen molar-refractivity contribution in [3.8, 4) is 0 Å². The van der Waals surface area contributed by atoms with E-state index in [0.717, 1.165) is 5.56 Å². The molecule has 0 fully saturated rings. The fourth-order valence-corrected chi connectivity index (χ4v) is 2.16. The molecule has 0 saturated heterocycles. The first kappa shape index (κ1) is 14.6. The third-order valence-corrected chi connectivity index (χ3v) is 3.31. The summed E-state index contributed by atoms with van der Waals surface area (Å²) in [4.78, 5) is 0.246. The highest BCUT2D eigenvalue weighted by Gasteiger charge is 2.10. The zero-order valence-electron chi connectivity index (χ0n) is 11.2. The van der Waals surface area contributed by atoms with Gasteiger partial charge in [0.2, 0.25) is 0 Å².